The van der Waals surface area contributed by atoms with Crippen LogP contribution in [0.4, 0.5) is 0 Å². The van der Waals surface area contributed by atoms with Crippen molar-refractivity contribution < 1.29 is 13.2 Å². The van der Waals surface area contributed by atoms with Crippen molar-refractivity contribution in [3.05, 3.63) is 35.9 Å². The highest BCUT2D eigenvalue weighted by atomic mass is 32.2. The van der Waals surface area contributed by atoms with Gasteiger partial charge < -0.3 is 5.32 Å². The number of sulfone groups is 1. The monoisotopic (exact) mass is 225 g/mol. The van der Waals surface area contributed by atoms with Gasteiger partial charge in [0.05, 0.1) is 5.75 Å². The Bertz CT molecular complexity index is 467. The highest BCUT2D eigenvalue weighted by Crippen LogP contribution is 2.23. The van der Waals surface area contributed by atoms with Gasteiger partial charge in [-0.3, -0.25) is 4.79 Å². The molecule has 0 radical (unpaired) electrons. The zero-order chi connectivity index (χ0) is 10.9. The van der Waals surface area contributed by atoms with Gasteiger partial charge in [-0.15, -0.1) is 0 Å². The Kier molecular flexibility index (Phi) is 2.48. The fourth-order valence-corrected chi connectivity index (χ4v) is 3.17. The van der Waals surface area contributed by atoms with Gasteiger partial charge in [0.15, 0.2) is 15.2 Å². The van der Waals surface area contributed by atoms with E-state index in [1.54, 1.807) is 30.3 Å². The van der Waals surface area contributed by atoms with E-state index < -0.39 is 15.2 Å². The second-order valence-electron chi connectivity index (χ2n) is 3.48. The first-order valence-electron chi connectivity index (χ1n) is 4.65. The van der Waals surface area contributed by atoms with Crippen molar-refractivity contribution in [2.75, 3.05) is 5.75 Å². The lowest BCUT2D eigenvalue weighted by Crippen LogP contribution is -2.41. The zero-order valence-corrected chi connectivity index (χ0v) is 8.83. The molecule has 0 aromatic heterocycles. The third kappa shape index (κ3) is 2.02. The van der Waals surface area contributed by atoms with E-state index in [4.69, 9.17) is 0 Å². The van der Waals surface area contributed by atoms with Crippen LogP contribution in [-0.4, -0.2) is 20.1 Å². The minimum atomic E-state index is -3.24. The van der Waals surface area contributed by atoms with E-state index in [9.17, 15) is 13.2 Å². The first kappa shape index (κ1) is 10.2. The molecule has 15 heavy (non-hydrogen) atoms. The molecule has 1 aromatic carbocycles. The normalized spacial score (nSPS) is 24.5. The summed E-state index contributed by atoms with van der Waals surface area (Å²) in [5.74, 6) is -0.281. The Labute approximate surface area is 88.2 Å². The van der Waals surface area contributed by atoms with E-state index in [1.165, 1.54) is 0 Å². The van der Waals surface area contributed by atoms with Gasteiger partial charge in [-0.25, -0.2) is 8.42 Å². The van der Waals surface area contributed by atoms with Crippen molar-refractivity contribution in [2.24, 2.45) is 0 Å². The van der Waals surface area contributed by atoms with Crippen LogP contribution < -0.4 is 5.32 Å². The summed E-state index contributed by atoms with van der Waals surface area (Å²) in [5.41, 5.74) is 0.616. The van der Waals surface area contributed by atoms with Crippen molar-refractivity contribution in [3.63, 3.8) is 0 Å². The van der Waals surface area contributed by atoms with Crippen LogP contribution in [0.5, 0.6) is 0 Å². The van der Waals surface area contributed by atoms with E-state index in [2.05, 4.69) is 5.32 Å². The molecule has 1 fully saturated rings. The van der Waals surface area contributed by atoms with Crippen molar-refractivity contribution in [1.82, 2.24) is 5.32 Å². The molecular formula is C10H11NO3S. The number of amides is 1. The average molecular weight is 225 g/mol. The van der Waals surface area contributed by atoms with E-state index >= 15 is 0 Å². The van der Waals surface area contributed by atoms with Crippen molar-refractivity contribution >= 4 is 15.7 Å². The second-order valence-corrected chi connectivity index (χ2v) is 5.68. The van der Waals surface area contributed by atoms with Crippen LogP contribution in [-0.2, 0) is 14.6 Å². The predicted molar refractivity (Wildman–Crippen MR) is 55.7 cm³/mol. The maximum absolute atomic E-state index is 11.7. The van der Waals surface area contributed by atoms with Gasteiger partial charge in [-0.1, -0.05) is 30.3 Å². The summed E-state index contributed by atoms with van der Waals surface area (Å²) in [6.07, 6.45) is 0.0612. The maximum Gasteiger partial charge on any atom is 0.222 e. The fraction of sp³-hybridized carbons (Fsp3) is 0.300. The molecule has 0 bridgehead atoms. The molecule has 1 aliphatic heterocycles. The number of nitrogens with one attached hydrogen (secondary N) is 1. The molecule has 1 N–H and O–H groups in total. The van der Waals surface area contributed by atoms with Crippen LogP contribution in [0, 0.1) is 0 Å². The molecule has 1 amide bonds. The molecule has 5 heteroatoms. The summed E-state index contributed by atoms with van der Waals surface area (Å²) in [4.78, 5) is 11.2. The molecular weight excluding hydrogens is 214 g/mol. The number of rotatable bonds is 1. The highest BCUT2D eigenvalue weighted by molar-refractivity contribution is 7.91. The lowest BCUT2D eigenvalue weighted by Gasteiger charge is -2.23. The Hall–Kier alpha value is -1.36. The van der Waals surface area contributed by atoms with Crippen LogP contribution in [0.2, 0.25) is 0 Å². The Morgan fingerprint density at radius 2 is 1.87 bits per heavy atom. The molecule has 1 aliphatic rings. The van der Waals surface area contributed by atoms with Crippen LogP contribution in [0.3, 0.4) is 0 Å². The quantitative estimate of drug-likeness (QED) is 0.762. The summed E-state index contributed by atoms with van der Waals surface area (Å²) in [6, 6.07) is 8.72. The van der Waals surface area contributed by atoms with Gasteiger partial charge in [0, 0.05) is 6.42 Å². The van der Waals surface area contributed by atoms with Crippen LogP contribution in [0.25, 0.3) is 0 Å². The van der Waals surface area contributed by atoms with E-state index in [1.807, 2.05) is 0 Å². The zero-order valence-electron chi connectivity index (χ0n) is 8.01. The molecule has 1 aromatic rings. The number of hydrogen-bond acceptors (Lipinski definition) is 3. The van der Waals surface area contributed by atoms with Crippen LogP contribution in [0.15, 0.2) is 30.3 Å². The molecule has 0 spiro atoms. The predicted octanol–water partition coefficient (Wildman–Crippen LogP) is 0.620. The van der Waals surface area contributed by atoms with Gasteiger partial charge >= 0.3 is 0 Å². The lowest BCUT2D eigenvalue weighted by molar-refractivity contribution is -0.121. The van der Waals surface area contributed by atoms with Crippen molar-refractivity contribution in [1.29, 1.82) is 0 Å². The first-order valence-corrected chi connectivity index (χ1v) is 6.37. The number of carbonyl (C=O) groups excluding carboxylic acids is 1. The number of benzene rings is 1. The minimum Gasteiger partial charge on any atom is -0.336 e. The minimum absolute atomic E-state index is 0.0612. The smallest absolute Gasteiger partial charge is 0.222 e. The molecule has 80 valence electrons. The van der Waals surface area contributed by atoms with Gasteiger partial charge in [0.2, 0.25) is 5.91 Å². The third-order valence-electron chi connectivity index (χ3n) is 2.37. The molecule has 1 atom stereocenters. The largest absolute Gasteiger partial charge is 0.336 e. The van der Waals surface area contributed by atoms with Gasteiger partial charge in [0.25, 0.3) is 0 Å². The summed E-state index contributed by atoms with van der Waals surface area (Å²) in [5, 5.41) is 1.62. The summed E-state index contributed by atoms with van der Waals surface area (Å²) in [6.45, 7) is 0. The van der Waals surface area contributed by atoms with E-state index in [0.717, 1.165) is 0 Å². The Morgan fingerprint density at radius 1 is 1.20 bits per heavy atom. The summed E-state index contributed by atoms with van der Waals surface area (Å²) in [7, 11) is -3.24. The highest BCUT2D eigenvalue weighted by Gasteiger charge is 2.33. The third-order valence-corrected chi connectivity index (χ3v) is 4.25. The fourth-order valence-electron chi connectivity index (χ4n) is 1.58. The van der Waals surface area contributed by atoms with Crippen molar-refractivity contribution in [2.45, 2.75) is 11.8 Å². The average Bonchev–Trinajstić information content (AvgIpc) is 2.23. The molecule has 0 saturated carbocycles. The molecule has 2 rings (SSSR count). The standard InChI is InChI=1S/C10H11NO3S/c12-9-6-7-15(13,14)10(11-9)8-4-2-1-3-5-8/h1-5,10H,6-7H2,(H,11,12). The lowest BCUT2D eigenvalue weighted by atomic mass is 10.2. The molecule has 1 unspecified atom stereocenters. The summed E-state index contributed by atoms with van der Waals surface area (Å²) < 4.78 is 23.4. The first-order chi connectivity index (χ1) is 7.09. The van der Waals surface area contributed by atoms with Gasteiger partial charge in [-0.05, 0) is 5.56 Å². The number of hydrogen-bond donors (Lipinski definition) is 1. The second kappa shape index (κ2) is 3.66. The molecule has 1 saturated heterocycles. The van der Waals surface area contributed by atoms with Gasteiger partial charge in [-0.2, -0.15) is 0 Å². The van der Waals surface area contributed by atoms with Crippen LogP contribution >= 0.6 is 0 Å². The van der Waals surface area contributed by atoms with Gasteiger partial charge in [0.1, 0.15) is 0 Å². The van der Waals surface area contributed by atoms with E-state index in [-0.39, 0.29) is 18.1 Å². The summed E-state index contributed by atoms with van der Waals surface area (Å²) >= 11 is 0. The Morgan fingerprint density at radius 3 is 2.53 bits per heavy atom. The molecule has 1 heterocycles. The maximum atomic E-state index is 11.7. The van der Waals surface area contributed by atoms with Crippen LogP contribution in [0.1, 0.15) is 17.4 Å². The SMILES string of the molecule is O=C1CCS(=O)(=O)C(c2ccccc2)N1. The Balaban J connectivity index is 2.38. The van der Waals surface area contributed by atoms with E-state index in [0.29, 0.717) is 5.56 Å². The number of carbonyl (C=O) groups is 1. The van der Waals surface area contributed by atoms with Crippen molar-refractivity contribution in [3.8, 4) is 0 Å². The molecule has 4 nitrogen and oxygen atoms in total. The topological polar surface area (TPSA) is 63.2 Å². The molecule has 0 aliphatic carbocycles.